The highest BCUT2D eigenvalue weighted by molar-refractivity contribution is 8.00. The zero-order chi connectivity index (χ0) is 28.5. The van der Waals surface area contributed by atoms with Gasteiger partial charge in [-0.15, -0.1) is 0 Å². The molecule has 0 bridgehead atoms. The second-order valence-electron chi connectivity index (χ2n) is 14.2. The van der Waals surface area contributed by atoms with Gasteiger partial charge in [0.05, 0.1) is 10.9 Å². The largest absolute Gasteiger partial charge is 0.222 e. The van der Waals surface area contributed by atoms with Crippen LogP contribution in [0.1, 0.15) is 70.7 Å². The Morgan fingerprint density at radius 1 is 0.800 bits per heavy atom. The van der Waals surface area contributed by atoms with E-state index in [0.29, 0.717) is 11.8 Å². The monoisotopic (exact) mass is 546 g/mol. The Kier molecular flexibility index (Phi) is 6.77. The predicted octanol–water partition coefficient (Wildman–Crippen LogP) is 10.4. The average molecular weight is 547 g/mol. The first-order valence-electron chi connectivity index (χ1n) is 15.1. The molecule has 1 nitrogen and oxygen atoms in total. The van der Waals surface area contributed by atoms with E-state index in [1.165, 1.54) is 75.6 Å². The van der Waals surface area contributed by atoms with Crippen LogP contribution in [-0.2, 0) is 26.3 Å². The first-order chi connectivity index (χ1) is 18.9. The Labute approximate surface area is 245 Å². The van der Waals surface area contributed by atoms with Crippen LogP contribution in [0, 0.1) is 24.2 Å². The minimum Gasteiger partial charge on any atom is -0.200 e. The molecule has 40 heavy (non-hydrogen) atoms. The molecular formula is C38H44NS+. The summed E-state index contributed by atoms with van der Waals surface area (Å²) >= 11 is 2.02. The van der Waals surface area contributed by atoms with Crippen molar-refractivity contribution in [3.63, 3.8) is 0 Å². The highest BCUT2D eigenvalue weighted by Crippen LogP contribution is 2.53. The van der Waals surface area contributed by atoms with Crippen molar-refractivity contribution >= 4 is 44.1 Å². The van der Waals surface area contributed by atoms with Crippen molar-refractivity contribution in [3.05, 3.63) is 77.0 Å². The first-order valence-corrected chi connectivity index (χ1v) is 15.9. The van der Waals surface area contributed by atoms with Crippen LogP contribution < -0.4 is 4.57 Å². The van der Waals surface area contributed by atoms with Gasteiger partial charge in [-0.2, -0.15) is 0 Å². The molecule has 0 saturated carbocycles. The van der Waals surface area contributed by atoms with Crippen LogP contribution in [0.15, 0.2) is 64.5 Å². The van der Waals surface area contributed by atoms with Gasteiger partial charge in [0.25, 0.3) is 0 Å². The topological polar surface area (TPSA) is 3.88 Å². The Morgan fingerprint density at radius 2 is 1.55 bits per heavy atom. The van der Waals surface area contributed by atoms with E-state index in [1.807, 2.05) is 11.8 Å². The molecule has 0 aliphatic carbocycles. The van der Waals surface area contributed by atoms with E-state index in [1.54, 1.807) is 0 Å². The molecule has 0 unspecified atom stereocenters. The van der Waals surface area contributed by atoms with Gasteiger partial charge in [0.2, 0.25) is 5.69 Å². The van der Waals surface area contributed by atoms with Crippen LogP contribution in [0.3, 0.4) is 0 Å². The number of nitrogens with zero attached hydrogens (tertiary/aromatic N) is 1. The van der Waals surface area contributed by atoms with Gasteiger partial charge in [-0.05, 0) is 93.3 Å². The molecule has 4 aromatic carbocycles. The molecule has 0 radical (unpaired) electrons. The van der Waals surface area contributed by atoms with E-state index in [0.717, 1.165) is 19.3 Å². The fraction of sp³-hybridized carbons (Fsp3) is 0.395. The van der Waals surface area contributed by atoms with Crippen molar-refractivity contribution in [1.82, 2.24) is 0 Å². The van der Waals surface area contributed by atoms with Crippen LogP contribution in [-0.4, -0.2) is 0 Å². The van der Waals surface area contributed by atoms with Crippen LogP contribution in [0.4, 0.5) is 0 Å². The summed E-state index contributed by atoms with van der Waals surface area (Å²) in [5.74, 6) is 1.27. The Bertz CT molecular complexity index is 1800. The van der Waals surface area contributed by atoms with Gasteiger partial charge >= 0.3 is 0 Å². The maximum absolute atomic E-state index is 2.51. The van der Waals surface area contributed by atoms with Crippen molar-refractivity contribution in [2.24, 2.45) is 24.3 Å². The van der Waals surface area contributed by atoms with Crippen LogP contribution >= 0.6 is 11.8 Å². The third-order valence-electron chi connectivity index (χ3n) is 8.45. The van der Waals surface area contributed by atoms with E-state index in [9.17, 15) is 0 Å². The molecule has 206 valence electrons. The first kappa shape index (κ1) is 27.3. The predicted molar refractivity (Wildman–Crippen MR) is 175 cm³/mol. The third-order valence-corrected chi connectivity index (χ3v) is 9.65. The number of aryl methyl sites for hydroxylation is 2. The van der Waals surface area contributed by atoms with Gasteiger partial charge in [-0.25, -0.2) is 4.57 Å². The molecular weight excluding hydrogens is 502 g/mol. The summed E-state index contributed by atoms with van der Waals surface area (Å²) in [7, 11) is 2.24. The second-order valence-corrected chi connectivity index (χ2v) is 15.2. The summed E-state index contributed by atoms with van der Waals surface area (Å²) < 4.78 is 2.38. The molecule has 0 saturated heterocycles. The van der Waals surface area contributed by atoms with Crippen molar-refractivity contribution in [1.29, 1.82) is 0 Å². The Hall–Kier alpha value is -2.84. The normalized spacial score (nSPS) is 13.3. The summed E-state index contributed by atoms with van der Waals surface area (Å²) in [4.78, 5) is 2.87. The summed E-state index contributed by atoms with van der Waals surface area (Å²) in [6.45, 7) is 18.8. The zero-order valence-electron chi connectivity index (χ0n) is 25.8. The lowest BCUT2D eigenvalue weighted by Gasteiger charge is -2.28. The van der Waals surface area contributed by atoms with Gasteiger partial charge in [-0.1, -0.05) is 96.6 Å². The van der Waals surface area contributed by atoms with Gasteiger partial charge < -0.3 is 0 Å². The number of benzene rings is 4. The number of hydrogen-bond donors (Lipinski definition) is 0. The fourth-order valence-corrected chi connectivity index (χ4v) is 8.26. The number of hydrogen-bond acceptors (Lipinski definition) is 1. The van der Waals surface area contributed by atoms with Gasteiger partial charge in [0, 0.05) is 21.2 Å². The summed E-state index contributed by atoms with van der Waals surface area (Å²) in [6.07, 6.45) is 5.57. The number of fused-ring (bicyclic) bond motifs is 5. The van der Waals surface area contributed by atoms with Gasteiger partial charge in [0.15, 0.2) is 6.20 Å². The minimum atomic E-state index is 0.190. The molecule has 2 heterocycles. The molecule has 2 heteroatoms. The van der Waals surface area contributed by atoms with E-state index >= 15 is 0 Å². The molecule has 0 N–H and O–H groups in total. The fourth-order valence-electron chi connectivity index (χ4n) is 6.90. The molecule has 6 rings (SSSR count). The highest BCUT2D eigenvalue weighted by Gasteiger charge is 2.33. The van der Waals surface area contributed by atoms with E-state index in [4.69, 9.17) is 0 Å². The number of aromatic nitrogens is 1. The molecule has 1 aromatic heterocycles. The lowest BCUT2D eigenvalue weighted by atomic mass is 9.82. The molecule has 1 aliphatic heterocycles. The Balaban J connectivity index is 1.74. The minimum absolute atomic E-state index is 0.190. The van der Waals surface area contributed by atoms with Crippen LogP contribution in [0.2, 0.25) is 0 Å². The van der Waals surface area contributed by atoms with E-state index < -0.39 is 0 Å². The van der Waals surface area contributed by atoms with Crippen molar-refractivity contribution in [2.45, 2.75) is 84.4 Å². The molecule has 5 aromatic rings. The van der Waals surface area contributed by atoms with Crippen LogP contribution in [0.25, 0.3) is 43.6 Å². The lowest BCUT2D eigenvalue weighted by Crippen LogP contribution is -2.32. The Morgan fingerprint density at radius 3 is 2.25 bits per heavy atom. The summed E-state index contributed by atoms with van der Waals surface area (Å²) in [5, 5.41) is 8.47. The standard InChI is InChI=1S/C38H44NS/c1-22(2)17-25-13-14-28-30(19-25)24(5)34-36-35-29(15-16-39(36)9)27-12-10-11-26(18-23(3)4)31(27)20-33(35)40-37(34)32(28)21-38(6,7)8/h10-16,19-20,22-23H,17-18,21H2,1-9H3/q+1. The van der Waals surface area contributed by atoms with Crippen molar-refractivity contribution in [2.75, 3.05) is 0 Å². The molecule has 1 aliphatic rings. The molecule has 0 atom stereocenters. The molecule has 0 spiro atoms. The number of rotatable bonds is 5. The van der Waals surface area contributed by atoms with Gasteiger partial charge in [0.1, 0.15) is 7.05 Å². The van der Waals surface area contributed by atoms with Crippen LogP contribution in [0.5, 0.6) is 0 Å². The van der Waals surface area contributed by atoms with Gasteiger partial charge in [-0.3, -0.25) is 0 Å². The van der Waals surface area contributed by atoms with E-state index in [2.05, 4.69) is 122 Å². The quantitative estimate of drug-likeness (QED) is 0.154. The smallest absolute Gasteiger partial charge is 0.200 e. The lowest BCUT2D eigenvalue weighted by molar-refractivity contribution is -0.659. The maximum atomic E-state index is 2.51. The zero-order valence-corrected chi connectivity index (χ0v) is 26.6. The summed E-state index contributed by atoms with van der Waals surface area (Å²) in [6, 6.07) is 19.1. The maximum Gasteiger partial charge on any atom is 0.222 e. The van der Waals surface area contributed by atoms with Crippen molar-refractivity contribution < 1.29 is 4.57 Å². The SMILES string of the molecule is Cc1c2c(c(CC(C)(C)C)c3ccc(CC(C)C)cc13)Sc1cc3c(CC(C)C)cccc3c3cc[n+](C)c-2c13. The third kappa shape index (κ3) is 4.63. The van der Waals surface area contributed by atoms with E-state index in [-0.39, 0.29) is 5.41 Å². The van der Waals surface area contributed by atoms with Crippen molar-refractivity contribution in [3.8, 4) is 11.3 Å². The number of pyridine rings is 1. The molecule has 0 fully saturated rings. The molecule has 0 amide bonds. The second kappa shape index (κ2) is 9.91. The summed E-state index contributed by atoms with van der Waals surface area (Å²) in [5.41, 5.74) is 8.86. The highest BCUT2D eigenvalue weighted by atomic mass is 32.2. The average Bonchev–Trinajstić information content (AvgIpc) is 2.87.